The van der Waals surface area contributed by atoms with Gasteiger partial charge in [0.25, 0.3) is 0 Å². The van der Waals surface area contributed by atoms with Crippen molar-refractivity contribution in [2.24, 2.45) is 5.73 Å². The van der Waals surface area contributed by atoms with Crippen LogP contribution in [-0.4, -0.2) is 24.3 Å². The van der Waals surface area contributed by atoms with Crippen molar-refractivity contribution in [2.75, 3.05) is 13.3 Å². The zero-order chi connectivity index (χ0) is 12.0. The molecule has 88 valence electrons. The normalized spacial score (nSPS) is 9.81. The number of rotatable bonds is 5. The lowest BCUT2D eigenvalue weighted by molar-refractivity contribution is 0.262. The fourth-order valence-corrected chi connectivity index (χ4v) is 1.13. The fourth-order valence-electron chi connectivity index (χ4n) is 1.13. The molecule has 0 aromatic heterocycles. The Bertz CT molecular complexity index is 371. The molecular formula is C10H14FN3O2. The van der Waals surface area contributed by atoms with Crippen LogP contribution in [0.2, 0.25) is 0 Å². The Balaban J connectivity index is 2.68. The molecule has 1 aromatic rings. The first-order valence-electron chi connectivity index (χ1n) is 4.72. The molecule has 5 nitrogen and oxygen atoms in total. The van der Waals surface area contributed by atoms with Crippen LogP contribution >= 0.6 is 0 Å². The smallest absolute Gasteiger partial charge is 0.185 e. The second-order valence-electron chi connectivity index (χ2n) is 3.11. The lowest BCUT2D eigenvalue weighted by Gasteiger charge is -2.09. The molecule has 0 radical (unpaired) electrons. The third-order valence-corrected chi connectivity index (χ3v) is 1.84. The molecule has 0 saturated heterocycles. The average Bonchev–Trinajstić information content (AvgIpc) is 2.26. The first kappa shape index (κ1) is 12.1. The second-order valence-corrected chi connectivity index (χ2v) is 3.11. The number of aromatic hydroxyl groups is 1. The number of ether oxygens (including phenoxy) is 1. The van der Waals surface area contributed by atoms with Crippen molar-refractivity contribution in [1.82, 2.24) is 5.32 Å². The summed E-state index contributed by atoms with van der Waals surface area (Å²) in [5.41, 5.74) is 5.91. The lowest BCUT2D eigenvalue weighted by atomic mass is 10.2. The molecule has 16 heavy (non-hydrogen) atoms. The summed E-state index contributed by atoms with van der Waals surface area (Å²) in [6.07, 6.45) is 0. The number of benzene rings is 1. The van der Waals surface area contributed by atoms with Crippen LogP contribution in [0.15, 0.2) is 18.2 Å². The Morgan fingerprint density at radius 2 is 2.31 bits per heavy atom. The summed E-state index contributed by atoms with van der Waals surface area (Å²) in [5, 5.41) is 19.0. The summed E-state index contributed by atoms with van der Waals surface area (Å²) in [5.74, 6) is 0.0415. The molecule has 0 spiro atoms. The summed E-state index contributed by atoms with van der Waals surface area (Å²) in [7, 11) is 0. The van der Waals surface area contributed by atoms with Crippen LogP contribution in [0.3, 0.4) is 0 Å². The Morgan fingerprint density at radius 3 is 2.94 bits per heavy atom. The highest BCUT2D eigenvalue weighted by atomic mass is 19.1. The van der Waals surface area contributed by atoms with Gasteiger partial charge >= 0.3 is 0 Å². The van der Waals surface area contributed by atoms with E-state index in [0.717, 1.165) is 5.56 Å². The van der Waals surface area contributed by atoms with Gasteiger partial charge in [0.1, 0.15) is 13.3 Å². The van der Waals surface area contributed by atoms with Crippen LogP contribution in [0.4, 0.5) is 4.39 Å². The van der Waals surface area contributed by atoms with Crippen LogP contribution in [-0.2, 0) is 6.54 Å². The van der Waals surface area contributed by atoms with Gasteiger partial charge in [-0.2, -0.15) is 0 Å². The molecule has 0 amide bonds. The summed E-state index contributed by atoms with van der Waals surface area (Å²) in [6, 6.07) is 4.68. The van der Waals surface area contributed by atoms with Gasteiger partial charge in [-0.1, -0.05) is 6.07 Å². The van der Waals surface area contributed by atoms with Gasteiger partial charge in [-0.05, 0) is 17.7 Å². The summed E-state index contributed by atoms with van der Waals surface area (Å²) in [4.78, 5) is 0. The van der Waals surface area contributed by atoms with Crippen molar-refractivity contribution < 1.29 is 14.2 Å². The molecule has 0 aliphatic rings. The number of halogens is 1. The van der Waals surface area contributed by atoms with E-state index in [-0.39, 0.29) is 24.1 Å². The maximum Gasteiger partial charge on any atom is 0.185 e. The third-order valence-electron chi connectivity index (χ3n) is 1.84. The number of hydrogen-bond acceptors (Lipinski definition) is 3. The number of nitrogens with two attached hydrogens (primary N) is 1. The van der Waals surface area contributed by atoms with E-state index in [1.54, 1.807) is 12.1 Å². The van der Waals surface area contributed by atoms with Crippen LogP contribution in [0, 0.1) is 5.41 Å². The number of phenolic OH excluding ortho intramolecular Hbond substituents is 1. The molecule has 0 heterocycles. The van der Waals surface area contributed by atoms with Crippen molar-refractivity contribution in [1.29, 1.82) is 5.41 Å². The van der Waals surface area contributed by atoms with Crippen molar-refractivity contribution >= 4 is 5.96 Å². The molecule has 0 aliphatic heterocycles. The molecule has 0 saturated carbocycles. The molecule has 0 atom stereocenters. The van der Waals surface area contributed by atoms with E-state index in [9.17, 15) is 9.50 Å². The predicted octanol–water partition coefficient (Wildman–Crippen LogP) is 0.724. The summed E-state index contributed by atoms with van der Waals surface area (Å²) in [6.45, 7) is -0.367. The molecule has 0 aliphatic carbocycles. The first-order chi connectivity index (χ1) is 7.63. The first-order valence-corrected chi connectivity index (χ1v) is 4.72. The van der Waals surface area contributed by atoms with Crippen molar-refractivity contribution in [3.63, 3.8) is 0 Å². The highest BCUT2D eigenvalue weighted by molar-refractivity contribution is 5.74. The van der Waals surface area contributed by atoms with E-state index in [1.165, 1.54) is 6.07 Å². The predicted molar refractivity (Wildman–Crippen MR) is 58.3 cm³/mol. The van der Waals surface area contributed by atoms with E-state index in [4.69, 9.17) is 15.9 Å². The fraction of sp³-hybridized carbons (Fsp3) is 0.300. The SMILES string of the molecule is N=C(N)NCc1ccc(O)c(OCCF)c1. The number of nitrogens with one attached hydrogen (secondary N) is 2. The molecule has 0 fully saturated rings. The summed E-state index contributed by atoms with van der Waals surface area (Å²) >= 11 is 0. The van der Waals surface area contributed by atoms with Gasteiger partial charge in [0, 0.05) is 6.54 Å². The van der Waals surface area contributed by atoms with E-state index < -0.39 is 6.67 Å². The zero-order valence-corrected chi connectivity index (χ0v) is 8.66. The van der Waals surface area contributed by atoms with E-state index in [2.05, 4.69) is 5.32 Å². The van der Waals surface area contributed by atoms with Gasteiger partial charge in [0.2, 0.25) is 0 Å². The maximum absolute atomic E-state index is 11.9. The molecule has 6 heteroatoms. The minimum atomic E-state index is -0.616. The number of alkyl halides is 1. The Labute approximate surface area is 92.5 Å². The molecule has 0 bridgehead atoms. The molecule has 0 unspecified atom stereocenters. The van der Waals surface area contributed by atoms with Gasteiger partial charge < -0.3 is 20.9 Å². The molecule has 1 aromatic carbocycles. The van der Waals surface area contributed by atoms with E-state index in [1.807, 2.05) is 0 Å². The minimum absolute atomic E-state index is 0.0416. The van der Waals surface area contributed by atoms with Gasteiger partial charge in [-0.25, -0.2) is 4.39 Å². The third kappa shape index (κ3) is 3.64. The standard InChI is InChI=1S/C10H14FN3O2/c11-3-4-16-9-5-7(1-2-8(9)15)6-14-10(12)13/h1-2,5,15H,3-4,6H2,(H4,12,13,14). The monoisotopic (exact) mass is 227 g/mol. The zero-order valence-electron chi connectivity index (χ0n) is 8.66. The van der Waals surface area contributed by atoms with Gasteiger partial charge in [-0.3, -0.25) is 5.41 Å². The highest BCUT2D eigenvalue weighted by Gasteiger charge is 2.04. The minimum Gasteiger partial charge on any atom is -0.504 e. The van der Waals surface area contributed by atoms with Crippen molar-refractivity contribution in [3.05, 3.63) is 23.8 Å². The number of phenols is 1. The molecule has 1 rings (SSSR count). The van der Waals surface area contributed by atoms with Crippen molar-refractivity contribution in [3.8, 4) is 11.5 Å². The van der Waals surface area contributed by atoms with Crippen molar-refractivity contribution in [2.45, 2.75) is 6.54 Å². The van der Waals surface area contributed by atoms with Gasteiger partial charge in [0.15, 0.2) is 17.5 Å². The van der Waals surface area contributed by atoms with E-state index >= 15 is 0 Å². The quantitative estimate of drug-likeness (QED) is 0.440. The average molecular weight is 227 g/mol. The number of guanidine groups is 1. The Hall–Kier alpha value is -1.98. The molecular weight excluding hydrogens is 213 g/mol. The van der Waals surface area contributed by atoms with Crippen LogP contribution < -0.4 is 15.8 Å². The Morgan fingerprint density at radius 1 is 1.56 bits per heavy atom. The van der Waals surface area contributed by atoms with Gasteiger partial charge in [0.05, 0.1) is 0 Å². The lowest BCUT2D eigenvalue weighted by Crippen LogP contribution is -2.29. The molecule has 5 N–H and O–H groups in total. The topological polar surface area (TPSA) is 91.4 Å². The largest absolute Gasteiger partial charge is 0.504 e. The summed E-state index contributed by atoms with van der Waals surface area (Å²) < 4.78 is 16.9. The van der Waals surface area contributed by atoms with Crippen LogP contribution in [0.5, 0.6) is 11.5 Å². The highest BCUT2D eigenvalue weighted by Crippen LogP contribution is 2.26. The number of hydrogen-bond donors (Lipinski definition) is 4. The van der Waals surface area contributed by atoms with E-state index in [0.29, 0.717) is 6.54 Å². The maximum atomic E-state index is 11.9. The Kier molecular flexibility index (Phi) is 4.38. The second kappa shape index (κ2) is 5.79. The van der Waals surface area contributed by atoms with Crippen LogP contribution in [0.25, 0.3) is 0 Å². The van der Waals surface area contributed by atoms with Gasteiger partial charge in [-0.15, -0.1) is 0 Å². The van der Waals surface area contributed by atoms with Crippen LogP contribution in [0.1, 0.15) is 5.56 Å².